The minimum Gasteiger partial charge on any atom is -0.364 e. The lowest BCUT2D eigenvalue weighted by Crippen LogP contribution is -2.11. The van der Waals surface area contributed by atoms with Crippen molar-refractivity contribution in [1.29, 1.82) is 0 Å². The Labute approximate surface area is 177 Å². The first kappa shape index (κ1) is 20.9. The van der Waals surface area contributed by atoms with Gasteiger partial charge in [0.25, 0.3) is 5.16 Å². The topological polar surface area (TPSA) is 89.8 Å². The van der Waals surface area contributed by atoms with E-state index in [1.54, 1.807) is 6.92 Å². The molecule has 160 valence electrons. The van der Waals surface area contributed by atoms with E-state index >= 15 is 0 Å². The molecule has 31 heavy (non-hydrogen) atoms. The van der Waals surface area contributed by atoms with Gasteiger partial charge >= 0.3 is 0 Å². The van der Waals surface area contributed by atoms with Crippen LogP contribution in [0.2, 0.25) is 0 Å². The average molecular weight is 443 g/mol. The van der Waals surface area contributed by atoms with E-state index in [0.29, 0.717) is 17.6 Å². The second-order valence-electron chi connectivity index (χ2n) is 7.17. The number of nitrogens with one attached hydrogen (secondary N) is 1. The standard InChI is InChI=1S/C21H19F2N5O2S/c1-13-8-9-16(22)15(17(13)23)11-28-12-25-18-19(24-10-14-6-4-3-5-7-14)26-21(27-20(18)28)31(2,29)30/h3-9,12H,10-11H2,1-2H3,(H,24,26,27). The van der Waals surface area contributed by atoms with Crippen molar-refractivity contribution < 1.29 is 17.2 Å². The zero-order chi connectivity index (χ0) is 22.2. The van der Waals surface area contributed by atoms with Crippen molar-refractivity contribution >= 4 is 26.8 Å². The first-order valence-corrected chi connectivity index (χ1v) is 11.3. The number of rotatable bonds is 6. The van der Waals surface area contributed by atoms with Gasteiger partial charge in [-0.15, -0.1) is 0 Å². The molecule has 0 unspecified atom stereocenters. The van der Waals surface area contributed by atoms with Crippen LogP contribution in [0.1, 0.15) is 16.7 Å². The van der Waals surface area contributed by atoms with Crippen molar-refractivity contribution in [2.75, 3.05) is 11.6 Å². The first-order chi connectivity index (χ1) is 14.7. The molecular weight excluding hydrogens is 424 g/mol. The number of aryl methyl sites for hydroxylation is 1. The third kappa shape index (κ3) is 4.24. The van der Waals surface area contributed by atoms with Gasteiger partial charge in [-0.2, -0.15) is 9.97 Å². The normalized spacial score (nSPS) is 11.7. The lowest BCUT2D eigenvalue weighted by Gasteiger charge is -2.11. The summed E-state index contributed by atoms with van der Waals surface area (Å²) >= 11 is 0. The fourth-order valence-corrected chi connectivity index (χ4v) is 3.65. The van der Waals surface area contributed by atoms with Crippen molar-refractivity contribution in [2.24, 2.45) is 0 Å². The predicted molar refractivity (Wildman–Crippen MR) is 112 cm³/mol. The fourth-order valence-electron chi connectivity index (χ4n) is 3.14. The number of fused-ring (bicyclic) bond motifs is 1. The van der Waals surface area contributed by atoms with E-state index in [9.17, 15) is 17.2 Å². The van der Waals surface area contributed by atoms with Crippen molar-refractivity contribution in [3.05, 3.63) is 77.1 Å². The summed E-state index contributed by atoms with van der Waals surface area (Å²) in [5, 5.41) is 2.69. The summed E-state index contributed by atoms with van der Waals surface area (Å²) in [5.74, 6) is -1.15. The van der Waals surface area contributed by atoms with E-state index in [-0.39, 0.29) is 23.6 Å². The Morgan fingerprint density at radius 1 is 1.06 bits per heavy atom. The quantitative estimate of drug-likeness (QED) is 0.459. The van der Waals surface area contributed by atoms with E-state index in [4.69, 9.17) is 0 Å². The molecule has 7 nitrogen and oxygen atoms in total. The summed E-state index contributed by atoms with van der Waals surface area (Å²) < 4.78 is 54.5. The third-order valence-corrected chi connectivity index (χ3v) is 5.63. The fraction of sp³-hybridized carbons (Fsp3) is 0.190. The first-order valence-electron chi connectivity index (χ1n) is 9.38. The molecule has 0 fully saturated rings. The lowest BCUT2D eigenvalue weighted by molar-refractivity contribution is 0.540. The van der Waals surface area contributed by atoms with E-state index in [1.807, 2.05) is 30.3 Å². The number of halogens is 2. The van der Waals surface area contributed by atoms with Crippen molar-refractivity contribution in [1.82, 2.24) is 19.5 Å². The molecular formula is C21H19F2N5O2S. The number of aromatic nitrogens is 4. The van der Waals surface area contributed by atoms with Gasteiger partial charge in [0.05, 0.1) is 12.9 Å². The van der Waals surface area contributed by atoms with Crippen LogP contribution in [0, 0.1) is 18.6 Å². The number of nitrogens with zero attached hydrogens (tertiary/aromatic N) is 4. The summed E-state index contributed by atoms with van der Waals surface area (Å²) in [6.45, 7) is 1.72. The number of sulfone groups is 1. The highest BCUT2D eigenvalue weighted by Gasteiger charge is 2.20. The van der Waals surface area contributed by atoms with Crippen LogP contribution in [0.3, 0.4) is 0 Å². The average Bonchev–Trinajstić information content (AvgIpc) is 3.15. The van der Waals surface area contributed by atoms with Gasteiger partial charge in [0.2, 0.25) is 9.84 Å². The summed E-state index contributed by atoms with van der Waals surface area (Å²) in [4.78, 5) is 12.5. The minimum atomic E-state index is -3.74. The molecule has 0 atom stereocenters. The highest BCUT2D eigenvalue weighted by atomic mass is 32.2. The maximum Gasteiger partial charge on any atom is 0.250 e. The monoisotopic (exact) mass is 443 g/mol. The minimum absolute atomic E-state index is 0.155. The molecule has 0 spiro atoms. The van der Waals surface area contributed by atoms with Gasteiger partial charge < -0.3 is 9.88 Å². The molecule has 4 aromatic rings. The second kappa shape index (κ2) is 8.03. The largest absolute Gasteiger partial charge is 0.364 e. The number of benzene rings is 2. The molecule has 0 amide bonds. The number of hydrogen-bond acceptors (Lipinski definition) is 6. The zero-order valence-corrected chi connectivity index (χ0v) is 17.6. The summed E-state index contributed by atoms with van der Waals surface area (Å²) in [6.07, 6.45) is 2.36. The molecule has 0 aliphatic heterocycles. The van der Waals surface area contributed by atoms with Gasteiger partial charge in [0.1, 0.15) is 11.6 Å². The van der Waals surface area contributed by atoms with E-state index in [1.165, 1.54) is 23.0 Å². The van der Waals surface area contributed by atoms with Crippen LogP contribution in [-0.2, 0) is 22.9 Å². The van der Waals surface area contributed by atoms with Gasteiger partial charge in [0.15, 0.2) is 17.0 Å². The van der Waals surface area contributed by atoms with Gasteiger partial charge in [-0.25, -0.2) is 22.2 Å². The molecule has 4 rings (SSSR count). The molecule has 2 heterocycles. The Morgan fingerprint density at radius 2 is 1.81 bits per heavy atom. The van der Waals surface area contributed by atoms with Crippen molar-refractivity contribution in [2.45, 2.75) is 25.2 Å². The molecule has 10 heteroatoms. The van der Waals surface area contributed by atoms with Crippen LogP contribution >= 0.6 is 0 Å². The Kier molecular flexibility index (Phi) is 5.40. The van der Waals surface area contributed by atoms with E-state index in [0.717, 1.165) is 11.8 Å². The van der Waals surface area contributed by atoms with Crippen LogP contribution in [-0.4, -0.2) is 34.2 Å². The van der Waals surface area contributed by atoms with E-state index < -0.39 is 26.6 Å². The summed E-state index contributed by atoms with van der Waals surface area (Å²) in [6, 6.07) is 12.0. The summed E-state index contributed by atoms with van der Waals surface area (Å²) in [7, 11) is -3.74. The Morgan fingerprint density at radius 3 is 2.52 bits per heavy atom. The number of anilines is 1. The van der Waals surface area contributed by atoms with Gasteiger partial charge in [-0.1, -0.05) is 36.4 Å². The van der Waals surface area contributed by atoms with Crippen LogP contribution in [0.4, 0.5) is 14.6 Å². The SMILES string of the molecule is Cc1ccc(F)c(Cn2cnc3c(NCc4ccccc4)nc(S(C)(=O)=O)nc32)c1F. The van der Waals surface area contributed by atoms with Crippen LogP contribution in [0.15, 0.2) is 53.9 Å². The summed E-state index contributed by atoms with van der Waals surface area (Å²) in [5.41, 5.74) is 1.57. The molecule has 0 saturated heterocycles. The van der Waals surface area contributed by atoms with Gasteiger partial charge in [0, 0.05) is 18.4 Å². The predicted octanol–water partition coefficient (Wildman–Crippen LogP) is 3.48. The third-order valence-electron chi connectivity index (χ3n) is 4.79. The second-order valence-corrected chi connectivity index (χ2v) is 9.08. The highest BCUT2D eigenvalue weighted by molar-refractivity contribution is 7.90. The maximum atomic E-state index is 14.5. The molecule has 2 aromatic heterocycles. The van der Waals surface area contributed by atoms with Crippen molar-refractivity contribution in [3.63, 3.8) is 0 Å². The van der Waals surface area contributed by atoms with Gasteiger partial charge in [-0.05, 0) is 24.1 Å². The van der Waals surface area contributed by atoms with Gasteiger partial charge in [-0.3, -0.25) is 0 Å². The lowest BCUT2D eigenvalue weighted by atomic mass is 10.1. The molecule has 0 bridgehead atoms. The number of imidazole rings is 1. The molecule has 0 aliphatic rings. The Balaban J connectivity index is 1.79. The van der Waals surface area contributed by atoms with Crippen LogP contribution in [0.5, 0.6) is 0 Å². The molecule has 2 aromatic carbocycles. The maximum absolute atomic E-state index is 14.5. The molecule has 1 N–H and O–H groups in total. The van der Waals surface area contributed by atoms with Crippen LogP contribution in [0.25, 0.3) is 11.2 Å². The molecule has 0 aliphatic carbocycles. The van der Waals surface area contributed by atoms with E-state index in [2.05, 4.69) is 20.3 Å². The highest BCUT2D eigenvalue weighted by Crippen LogP contribution is 2.24. The Hall–Kier alpha value is -3.40. The Bertz CT molecular complexity index is 1370. The molecule has 0 radical (unpaired) electrons. The molecule has 0 saturated carbocycles. The number of hydrogen-bond donors (Lipinski definition) is 1. The van der Waals surface area contributed by atoms with Crippen LogP contribution < -0.4 is 5.32 Å². The smallest absolute Gasteiger partial charge is 0.250 e. The zero-order valence-electron chi connectivity index (χ0n) is 16.8. The van der Waals surface area contributed by atoms with Crippen molar-refractivity contribution in [3.8, 4) is 0 Å².